The highest BCUT2D eigenvalue weighted by molar-refractivity contribution is 5.68. The lowest BCUT2D eigenvalue weighted by Crippen LogP contribution is -2.64. The van der Waals surface area contributed by atoms with Crippen LogP contribution in [0.4, 0.5) is 4.79 Å². The molecule has 5 heteroatoms. The summed E-state index contributed by atoms with van der Waals surface area (Å²) in [5.41, 5.74) is 1.60. The van der Waals surface area contributed by atoms with Crippen LogP contribution in [0.3, 0.4) is 0 Å². The number of hydrogen-bond acceptors (Lipinski definition) is 4. The van der Waals surface area contributed by atoms with Crippen LogP contribution in [0.25, 0.3) is 0 Å². The molecule has 5 nitrogen and oxygen atoms in total. The van der Waals surface area contributed by atoms with Gasteiger partial charge < -0.3 is 14.4 Å². The van der Waals surface area contributed by atoms with Gasteiger partial charge in [-0.1, -0.05) is 18.2 Å². The molecular formula is C18H24N2O3. The van der Waals surface area contributed by atoms with E-state index in [-0.39, 0.29) is 11.5 Å². The summed E-state index contributed by atoms with van der Waals surface area (Å²) in [5, 5.41) is 0. The monoisotopic (exact) mass is 316 g/mol. The van der Waals surface area contributed by atoms with Crippen LogP contribution in [0.1, 0.15) is 18.9 Å². The number of benzene rings is 1. The van der Waals surface area contributed by atoms with Crippen molar-refractivity contribution in [1.29, 1.82) is 0 Å². The molecule has 0 radical (unpaired) electrons. The molecule has 4 rings (SSSR count). The van der Waals surface area contributed by atoms with E-state index in [4.69, 9.17) is 9.47 Å². The van der Waals surface area contributed by atoms with Crippen LogP contribution in [-0.2, 0) is 11.2 Å². The third kappa shape index (κ3) is 2.67. The average Bonchev–Trinajstić information content (AvgIpc) is 3.02. The van der Waals surface area contributed by atoms with Crippen molar-refractivity contribution in [3.63, 3.8) is 0 Å². The van der Waals surface area contributed by atoms with Gasteiger partial charge in [0.25, 0.3) is 0 Å². The van der Waals surface area contributed by atoms with E-state index in [1.807, 2.05) is 17.9 Å². The molecule has 0 bridgehead atoms. The van der Waals surface area contributed by atoms with E-state index in [1.165, 1.54) is 5.56 Å². The molecule has 1 amide bonds. The fourth-order valence-electron chi connectivity index (χ4n) is 4.17. The molecule has 1 atom stereocenters. The van der Waals surface area contributed by atoms with E-state index in [1.54, 1.807) is 0 Å². The van der Waals surface area contributed by atoms with Crippen LogP contribution in [0.15, 0.2) is 24.3 Å². The number of hydrogen-bond donors (Lipinski definition) is 0. The normalized spacial score (nSPS) is 25.6. The number of carbonyl (C=O) groups is 1. The fourth-order valence-corrected chi connectivity index (χ4v) is 4.17. The summed E-state index contributed by atoms with van der Waals surface area (Å²) < 4.78 is 11.1. The number of carbonyl (C=O) groups excluding carboxylic acids is 1. The molecule has 1 spiro atoms. The van der Waals surface area contributed by atoms with E-state index in [0.29, 0.717) is 12.6 Å². The van der Waals surface area contributed by atoms with Crippen molar-refractivity contribution in [3.8, 4) is 5.75 Å². The van der Waals surface area contributed by atoms with Gasteiger partial charge in [0, 0.05) is 37.6 Å². The minimum atomic E-state index is -0.167. The molecular weight excluding hydrogens is 292 g/mol. The maximum absolute atomic E-state index is 11.8. The second kappa shape index (κ2) is 5.71. The Bertz CT molecular complexity index is 598. The van der Waals surface area contributed by atoms with Gasteiger partial charge in [0.2, 0.25) is 0 Å². The fraction of sp³-hybridized carbons (Fsp3) is 0.611. The SMILES string of the molecule is CCOC(=O)N1CCC(N2CC3(COc4ccccc4C3)C2)C1. The summed E-state index contributed by atoms with van der Waals surface area (Å²) in [6.07, 6.45) is 1.99. The Morgan fingerprint density at radius 3 is 3.04 bits per heavy atom. The topological polar surface area (TPSA) is 42.0 Å². The van der Waals surface area contributed by atoms with Crippen LogP contribution in [0, 0.1) is 5.41 Å². The molecule has 0 aliphatic carbocycles. The largest absolute Gasteiger partial charge is 0.493 e. The molecule has 1 aromatic rings. The van der Waals surface area contributed by atoms with Gasteiger partial charge in [0.15, 0.2) is 0 Å². The number of fused-ring (bicyclic) bond motifs is 1. The number of likely N-dealkylation sites (tertiary alicyclic amines) is 2. The highest BCUT2D eigenvalue weighted by atomic mass is 16.6. The van der Waals surface area contributed by atoms with Crippen LogP contribution >= 0.6 is 0 Å². The molecule has 0 saturated carbocycles. The highest BCUT2D eigenvalue weighted by Crippen LogP contribution is 2.42. The Balaban J connectivity index is 1.33. The third-order valence-electron chi connectivity index (χ3n) is 5.35. The highest BCUT2D eigenvalue weighted by Gasteiger charge is 2.49. The average molecular weight is 316 g/mol. The third-order valence-corrected chi connectivity index (χ3v) is 5.35. The lowest BCUT2D eigenvalue weighted by molar-refractivity contribution is -0.0639. The van der Waals surface area contributed by atoms with Crippen LogP contribution in [0.2, 0.25) is 0 Å². The predicted octanol–water partition coefficient (Wildman–Crippen LogP) is 2.15. The predicted molar refractivity (Wildman–Crippen MR) is 86.6 cm³/mol. The van der Waals surface area contributed by atoms with Crippen molar-refractivity contribution in [2.45, 2.75) is 25.8 Å². The van der Waals surface area contributed by atoms with Crippen molar-refractivity contribution in [3.05, 3.63) is 29.8 Å². The quantitative estimate of drug-likeness (QED) is 0.838. The Morgan fingerprint density at radius 1 is 1.39 bits per heavy atom. The molecule has 3 aliphatic heterocycles. The Morgan fingerprint density at radius 2 is 2.22 bits per heavy atom. The lowest BCUT2D eigenvalue weighted by atomic mass is 9.73. The van der Waals surface area contributed by atoms with Crippen molar-refractivity contribution in [1.82, 2.24) is 9.80 Å². The lowest BCUT2D eigenvalue weighted by Gasteiger charge is -2.54. The number of ether oxygens (including phenoxy) is 2. The number of rotatable bonds is 2. The van der Waals surface area contributed by atoms with Gasteiger partial charge in [-0.05, 0) is 31.4 Å². The molecule has 3 aliphatic rings. The Hall–Kier alpha value is -1.75. The van der Waals surface area contributed by atoms with Crippen LogP contribution < -0.4 is 4.74 Å². The second-order valence-corrected chi connectivity index (χ2v) is 7.07. The molecule has 23 heavy (non-hydrogen) atoms. The van der Waals surface area contributed by atoms with Gasteiger partial charge in [0.05, 0.1) is 13.2 Å². The molecule has 124 valence electrons. The number of amides is 1. The number of para-hydroxylation sites is 1. The maximum atomic E-state index is 11.8. The standard InChI is InChI=1S/C18H24N2O3/c1-2-22-17(21)19-8-7-15(10-19)20-11-18(12-20)9-14-5-3-4-6-16(14)23-13-18/h3-6,15H,2,7-13H2,1H3. The molecule has 3 heterocycles. The molecule has 1 aromatic carbocycles. The van der Waals surface area contributed by atoms with E-state index in [2.05, 4.69) is 23.1 Å². The summed E-state index contributed by atoms with van der Waals surface area (Å²) in [7, 11) is 0. The first-order valence-corrected chi connectivity index (χ1v) is 8.56. The second-order valence-electron chi connectivity index (χ2n) is 7.07. The molecule has 0 aromatic heterocycles. The summed E-state index contributed by atoms with van der Waals surface area (Å²) >= 11 is 0. The van der Waals surface area contributed by atoms with Gasteiger partial charge in [-0.15, -0.1) is 0 Å². The Kier molecular flexibility index (Phi) is 3.68. The van der Waals surface area contributed by atoms with Crippen molar-refractivity contribution < 1.29 is 14.3 Å². The maximum Gasteiger partial charge on any atom is 0.409 e. The molecule has 0 N–H and O–H groups in total. The van der Waals surface area contributed by atoms with E-state index < -0.39 is 0 Å². The molecule has 1 unspecified atom stereocenters. The zero-order chi connectivity index (χ0) is 15.9. The summed E-state index contributed by atoms with van der Waals surface area (Å²) in [4.78, 5) is 16.2. The van der Waals surface area contributed by atoms with Crippen LogP contribution in [0.5, 0.6) is 5.75 Å². The van der Waals surface area contributed by atoms with Gasteiger partial charge in [-0.3, -0.25) is 4.90 Å². The van der Waals surface area contributed by atoms with E-state index >= 15 is 0 Å². The zero-order valence-corrected chi connectivity index (χ0v) is 13.7. The molecule has 2 saturated heterocycles. The van der Waals surface area contributed by atoms with Crippen molar-refractivity contribution >= 4 is 6.09 Å². The van der Waals surface area contributed by atoms with Crippen LogP contribution in [-0.4, -0.2) is 61.3 Å². The summed E-state index contributed by atoms with van der Waals surface area (Å²) in [6, 6.07) is 8.84. The Labute approximate surface area is 137 Å². The number of nitrogens with zero attached hydrogens (tertiary/aromatic N) is 2. The van der Waals surface area contributed by atoms with Gasteiger partial charge in [-0.2, -0.15) is 0 Å². The minimum Gasteiger partial charge on any atom is -0.493 e. The first kappa shape index (κ1) is 14.8. The van der Waals surface area contributed by atoms with E-state index in [9.17, 15) is 4.79 Å². The van der Waals surface area contributed by atoms with Gasteiger partial charge in [0.1, 0.15) is 5.75 Å². The van der Waals surface area contributed by atoms with Gasteiger partial charge >= 0.3 is 6.09 Å². The minimum absolute atomic E-state index is 0.167. The summed E-state index contributed by atoms with van der Waals surface area (Å²) in [6.45, 7) is 6.87. The first-order valence-electron chi connectivity index (χ1n) is 8.56. The van der Waals surface area contributed by atoms with Gasteiger partial charge in [-0.25, -0.2) is 4.79 Å². The van der Waals surface area contributed by atoms with Crippen molar-refractivity contribution in [2.75, 3.05) is 39.4 Å². The molecule has 2 fully saturated rings. The van der Waals surface area contributed by atoms with E-state index in [0.717, 1.165) is 51.4 Å². The smallest absolute Gasteiger partial charge is 0.409 e. The summed E-state index contributed by atoms with van der Waals surface area (Å²) in [5.74, 6) is 1.05. The zero-order valence-electron chi connectivity index (χ0n) is 13.7. The first-order chi connectivity index (χ1) is 11.2. The van der Waals surface area contributed by atoms with Crippen molar-refractivity contribution in [2.24, 2.45) is 5.41 Å².